The van der Waals surface area contributed by atoms with Gasteiger partial charge in [-0.1, -0.05) is 12.1 Å². The van der Waals surface area contributed by atoms with E-state index in [4.69, 9.17) is 0 Å². The molecule has 0 unspecified atom stereocenters. The van der Waals surface area contributed by atoms with Crippen LogP contribution < -0.4 is 5.32 Å². The first kappa shape index (κ1) is 11.4. The van der Waals surface area contributed by atoms with E-state index in [1.165, 1.54) is 11.1 Å². The molecule has 3 aromatic heterocycles. The number of nitrogens with zero attached hydrogens (tertiary/aromatic N) is 4. The lowest BCUT2D eigenvalue weighted by atomic mass is 10.1. The van der Waals surface area contributed by atoms with Crippen LogP contribution in [0.1, 0.15) is 5.56 Å². The van der Waals surface area contributed by atoms with Crippen molar-refractivity contribution >= 4 is 11.1 Å². The normalized spacial score (nSPS) is 14.9. The van der Waals surface area contributed by atoms with E-state index in [0.717, 1.165) is 29.7 Å². The van der Waals surface area contributed by atoms with E-state index < -0.39 is 0 Å². The topological polar surface area (TPSA) is 47.2 Å². The van der Waals surface area contributed by atoms with E-state index in [-0.39, 0.29) is 0 Å². The number of aromatic nitrogens is 4. The molecule has 0 spiro atoms. The lowest BCUT2D eigenvalue weighted by Crippen LogP contribution is -2.07. The van der Waals surface area contributed by atoms with Gasteiger partial charge in [-0.15, -0.1) is 0 Å². The van der Waals surface area contributed by atoms with Crippen LogP contribution in [0.5, 0.6) is 0 Å². The third kappa shape index (κ3) is 1.75. The molecule has 0 radical (unpaired) electrons. The van der Waals surface area contributed by atoms with Crippen molar-refractivity contribution in [1.82, 2.24) is 24.7 Å². The summed E-state index contributed by atoms with van der Waals surface area (Å²) < 4.78 is 3.75. The van der Waals surface area contributed by atoms with E-state index in [9.17, 15) is 0 Å². The molecule has 0 saturated carbocycles. The first-order valence-corrected chi connectivity index (χ1v) is 6.68. The van der Waals surface area contributed by atoms with Gasteiger partial charge in [0.15, 0.2) is 0 Å². The van der Waals surface area contributed by atoms with E-state index in [2.05, 4.69) is 39.9 Å². The highest BCUT2D eigenvalue weighted by Gasteiger charge is 2.12. The van der Waals surface area contributed by atoms with E-state index in [0.29, 0.717) is 0 Å². The summed E-state index contributed by atoms with van der Waals surface area (Å²) in [6.07, 6.45) is 10.1. The van der Waals surface area contributed by atoms with Crippen molar-refractivity contribution < 1.29 is 0 Å². The molecule has 0 fully saturated rings. The molecule has 0 amide bonds. The molecule has 1 aliphatic rings. The van der Waals surface area contributed by atoms with Gasteiger partial charge < -0.3 is 5.32 Å². The second kappa shape index (κ2) is 4.31. The van der Waals surface area contributed by atoms with Crippen LogP contribution in [0.2, 0.25) is 0 Å². The fourth-order valence-electron chi connectivity index (χ4n) is 2.65. The van der Waals surface area contributed by atoms with Gasteiger partial charge in [-0.25, -0.2) is 4.52 Å². The lowest BCUT2D eigenvalue weighted by molar-refractivity contribution is 0.768. The van der Waals surface area contributed by atoms with Crippen molar-refractivity contribution in [2.24, 2.45) is 7.05 Å². The molecular weight excluding hydrogens is 250 g/mol. The predicted octanol–water partition coefficient (Wildman–Crippen LogP) is 1.72. The zero-order chi connectivity index (χ0) is 13.5. The number of hydrogen-bond donors (Lipinski definition) is 1. The summed E-state index contributed by atoms with van der Waals surface area (Å²) in [4.78, 5) is 0. The van der Waals surface area contributed by atoms with Crippen LogP contribution >= 0.6 is 0 Å². The molecule has 0 aliphatic carbocycles. The lowest BCUT2D eigenvalue weighted by Gasteiger charge is -2.02. The number of fused-ring (bicyclic) bond motifs is 1. The van der Waals surface area contributed by atoms with Gasteiger partial charge in [-0.05, 0) is 11.6 Å². The number of aryl methyl sites for hydroxylation is 1. The van der Waals surface area contributed by atoms with Crippen LogP contribution in [-0.2, 0) is 7.05 Å². The highest BCUT2D eigenvalue weighted by atomic mass is 15.2. The van der Waals surface area contributed by atoms with Gasteiger partial charge in [0.1, 0.15) is 0 Å². The molecule has 3 aromatic rings. The first-order chi connectivity index (χ1) is 9.81. The number of rotatable bonds is 2. The number of nitrogens with one attached hydrogen (secondary N) is 1. The second-order valence-electron chi connectivity index (χ2n) is 5.07. The van der Waals surface area contributed by atoms with Crippen LogP contribution in [0.4, 0.5) is 0 Å². The van der Waals surface area contributed by atoms with Gasteiger partial charge in [0.05, 0.1) is 17.9 Å². The molecule has 1 aliphatic heterocycles. The average Bonchev–Trinajstić information content (AvgIpc) is 3.17. The summed E-state index contributed by atoms with van der Waals surface area (Å²) in [5.41, 5.74) is 5.92. The Balaban J connectivity index is 1.81. The van der Waals surface area contributed by atoms with Crippen LogP contribution in [0.3, 0.4) is 0 Å². The fraction of sp³-hybridized carbons (Fsp3) is 0.200. The molecular formula is C15H15N5. The Morgan fingerprint density at radius 2 is 2.05 bits per heavy atom. The maximum absolute atomic E-state index is 4.48. The van der Waals surface area contributed by atoms with Crippen molar-refractivity contribution in [3.63, 3.8) is 0 Å². The van der Waals surface area contributed by atoms with E-state index in [1.807, 2.05) is 34.8 Å². The molecule has 20 heavy (non-hydrogen) atoms. The van der Waals surface area contributed by atoms with Gasteiger partial charge in [0.2, 0.25) is 0 Å². The molecule has 4 heterocycles. The van der Waals surface area contributed by atoms with Crippen LogP contribution in [0.15, 0.2) is 43.0 Å². The number of hydrogen-bond acceptors (Lipinski definition) is 3. The summed E-state index contributed by atoms with van der Waals surface area (Å²) in [6.45, 7) is 1.87. The quantitative estimate of drug-likeness (QED) is 0.767. The molecule has 4 rings (SSSR count). The Kier molecular flexibility index (Phi) is 2.47. The molecule has 0 atom stereocenters. The molecule has 5 nitrogen and oxygen atoms in total. The first-order valence-electron chi connectivity index (χ1n) is 6.68. The molecule has 0 aromatic carbocycles. The fourth-order valence-corrected chi connectivity index (χ4v) is 2.65. The monoisotopic (exact) mass is 265 g/mol. The van der Waals surface area contributed by atoms with Crippen molar-refractivity contribution in [3.8, 4) is 11.1 Å². The van der Waals surface area contributed by atoms with E-state index >= 15 is 0 Å². The Labute approximate surface area is 116 Å². The summed E-state index contributed by atoms with van der Waals surface area (Å²) in [7, 11) is 1.92. The highest BCUT2D eigenvalue weighted by Crippen LogP contribution is 2.25. The molecule has 1 N–H and O–H groups in total. The van der Waals surface area contributed by atoms with Gasteiger partial charge >= 0.3 is 0 Å². The Morgan fingerprint density at radius 1 is 1.10 bits per heavy atom. The van der Waals surface area contributed by atoms with Crippen molar-refractivity contribution in [1.29, 1.82) is 0 Å². The predicted molar refractivity (Wildman–Crippen MR) is 78.2 cm³/mol. The Bertz CT molecular complexity index is 809. The van der Waals surface area contributed by atoms with Crippen LogP contribution in [0.25, 0.3) is 22.2 Å². The summed E-state index contributed by atoms with van der Waals surface area (Å²) in [5.74, 6) is 0. The van der Waals surface area contributed by atoms with Crippen LogP contribution in [0, 0.1) is 0 Å². The maximum atomic E-state index is 4.48. The minimum atomic E-state index is 0.922. The molecule has 0 saturated heterocycles. The van der Waals surface area contributed by atoms with E-state index in [1.54, 1.807) is 0 Å². The SMILES string of the molecule is Cn1cc(-c2ccc3c(C4=CCNC4)cnn3c2)cn1. The third-order valence-corrected chi connectivity index (χ3v) is 3.71. The molecule has 5 heteroatoms. The zero-order valence-corrected chi connectivity index (χ0v) is 11.2. The van der Waals surface area contributed by atoms with Gasteiger partial charge in [-0.2, -0.15) is 10.2 Å². The number of pyridine rings is 1. The average molecular weight is 265 g/mol. The minimum absolute atomic E-state index is 0.922. The Hall–Kier alpha value is -2.40. The smallest absolute Gasteiger partial charge is 0.0737 e. The zero-order valence-electron chi connectivity index (χ0n) is 11.2. The minimum Gasteiger partial charge on any atom is -0.309 e. The van der Waals surface area contributed by atoms with Crippen molar-refractivity contribution in [3.05, 3.63) is 48.6 Å². The standard InChI is InChI=1S/C15H15N5/c1-19-9-13(7-17-19)12-2-3-15-14(8-18-20(15)10-12)11-4-5-16-6-11/h2-4,7-10,16H,5-6H2,1H3. The van der Waals surface area contributed by atoms with Gasteiger partial charge in [-0.3, -0.25) is 4.68 Å². The van der Waals surface area contributed by atoms with Crippen molar-refractivity contribution in [2.45, 2.75) is 0 Å². The van der Waals surface area contributed by atoms with Gasteiger partial charge in [0.25, 0.3) is 0 Å². The molecule has 0 bridgehead atoms. The summed E-state index contributed by atoms with van der Waals surface area (Å²) in [6, 6.07) is 4.25. The third-order valence-electron chi connectivity index (χ3n) is 3.71. The highest BCUT2D eigenvalue weighted by molar-refractivity contribution is 5.81. The largest absolute Gasteiger partial charge is 0.309 e. The summed E-state index contributed by atoms with van der Waals surface area (Å²) in [5, 5.41) is 12.0. The van der Waals surface area contributed by atoms with Gasteiger partial charge in [0, 0.05) is 49.2 Å². The molecule has 100 valence electrons. The Morgan fingerprint density at radius 3 is 2.80 bits per heavy atom. The maximum Gasteiger partial charge on any atom is 0.0737 e. The van der Waals surface area contributed by atoms with Crippen molar-refractivity contribution in [2.75, 3.05) is 13.1 Å². The second-order valence-corrected chi connectivity index (χ2v) is 5.07. The summed E-state index contributed by atoms with van der Waals surface area (Å²) >= 11 is 0. The van der Waals surface area contributed by atoms with Crippen LogP contribution in [-0.4, -0.2) is 32.5 Å².